The summed E-state index contributed by atoms with van der Waals surface area (Å²) in [6.45, 7) is 3.98. The molecule has 0 aliphatic carbocycles. The van der Waals surface area contributed by atoms with Crippen LogP contribution in [0.3, 0.4) is 0 Å². The highest BCUT2D eigenvalue weighted by atomic mass is 16.5. The monoisotopic (exact) mass is 367 g/mol. The number of amides is 1. The van der Waals surface area contributed by atoms with E-state index in [4.69, 9.17) is 13.9 Å². The molecule has 2 aromatic carbocycles. The zero-order valence-corrected chi connectivity index (χ0v) is 15.7. The Kier molecular flexibility index (Phi) is 5.16. The van der Waals surface area contributed by atoms with Crippen molar-refractivity contribution in [2.75, 3.05) is 20.7 Å². The number of rotatable bonds is 5. The van der Waals surface area contributed by atoms with E-state index in [0.29, 0.717) is 28.0 Å². The Morgan fingerprint density at radius 1 is 1.07 bits per heavy atom. The first-order chi connectivity index (χ1) is 12.9. The summed E-state index contributed by atoms with van der Waals surface area (Å²) in [6, 6.07) is 12.3. The zero-order chi connectivity index (χ0) is 19.6. The third-order valence-corrected chi connectivity index (χ3v) is 3.98. The second kappa shape index (κ2) is 7.53. The molecule has 0 radical (unpaired) electrons. The van der Waals surface area contributed by atoms with E-state index >= 15 is 0 Å². The van der Waals surface area contributed by atoms with Gasteiger partial charge in [-0.25, -0.2) is 4.79 Å². The van der Waals surface area contributed by atoms with Gasteiger partial charge >= 0.3 is 5.97 Å². The van der Waals surface area contributed by atoms with Crippen molar-refractivity contribution < 1.29 is 23.5 Å². The molecular weight excluding hydrogens is 346 g/mol. The lowest BCUT2D eigenvalue weighted by atomic mass is 10.1. The number of nitrogens with zero attached hydrogens (tertiary/aromatic N) is 1. The molecule has 27 heavy (non-hydrogen) atoms. The van der Waals surface area contributed by atoms with Crippen LogP contribution in [0.25, 0.3) is 11.0 Å². The molecule has 6 nitrogen and oxygen atoms in total. The number of carbonyl (C=O) groups excluding carboxylic acids is 2. The molecule has 0 N–H and O–H groups in total. The van der Waals surface area contributed by atoms with Gasteiger partial charge in [0.2, 0.25) is 0 Å². The second-order valence-electron chi connectivity index (χ2n) is 6.33. The quantitative estimate of drug-likeness (QED) is 0.625. The molecule has 0 aliphatic rings. The van der Waals surface area contributed by atoms with E-state index in [1.54, 1.807) is 39.2 Å². The van der Waals surface area contributed by atoms with Crippen LogP contribution in [-0.4, -0.2) is 37.5 Å². The van der Waals surface area contributed by atoms with Crippen LogP contribution in [0.5, 0.6) is 11.5 Å². The fourth-order valence-electron chi connectivity index (χ4n) is 2.58. The lowest BCUT2D eigenvalue weighted by Crippen LogP contribution is -2.20. The Bertz CT molecular complexity index is 986. The Labute approximate surface area is 157 Å². The normalized spacial score (nSPS) is 10.7. The zero-order valence-electron chi connectivity index (χ0n) is 15.7. The molecule has 0 fully saturated rings. The third-order valence-electron chi connectivity index (χ3n) is 3.98. The maximum Gasteiger partial charge on any atom is 0.338 e. The molecule has 1 heterocycles. The second-order valence-corrected chi connectivity index (χ2v) is 6.33. The Morgan fingerprint density at radius 3 is 2.41 bits per heavy atom. The van der Waals surface area contributed by atoms with Crippen LogP contribution >= 0.6 is 0 Å². The molecule has 1 amide bonds. The van der Waals surface area contributed by atoms with E-state index in [2.05, 4.69) is 0 Å². The first-order valence-electron chi connectivity index (χ1n) is 8.60. The van der Waals surface area contributed by atoms with Crippen molar-refractivity contribution in [3.8, 4) is 11.5 Å². The van der Waals surface area contributed by atoms with Crippen molar-refractivity contribution in [1.29, 1.82) is 0 Å². The SMILES string of the molecule is CCOC(=O)c1cc(Oc2ccc(C)cc2)c2cc(C(=O)N(C)C)oc2c1. The van der Waals surface area contributed by atoms with E-state index in [9.17, 15) is 9.59 Å². The number of ether oxygens (including phenoxy) is 2. The molecule has 140 valence electrons. The molecule has 0 atom stereocenters. The molecular formula is C21H21NO5. The van der Waals surface area contributed by atoms with Gasteiger partial charge in [-0.3, -0.25) is 4.79 Å². The van der Waals surface area contributed by atoms with Crippen LogP contribution in [-0.2, 0) is 4.74 Å². The summed E-state index contributed by atoms with van der Waals surface area (Å²) in [7, 11) is 3.28. The van der Waals surface area contributed by atoms with E-state index in [1.807, 2.05) is 31.2 Å². The van der Waals surface area contributed by atoms with Gasteiger partial charge in [-0.2, -0.15) is 0 Å². The van der Waals surface area contributed by atoms with Gasteiger partial charge in [-0.05, 0) is 38.1 Å². The number of aryl methyl sites for hydroxylation is 1. The van der Waals surface area contributed by atoms with Crippen LogP contribution in [0.4, 0.5) is 0 Å². The highest BCUT2D eigenvalue weighted by molar-refractivity contribution is 6.01. The molecule has 6 heteroatoms. The van der Waals surface area contributed by atoms with Gasteiger partial charge in [-0.15, -0.1) is 0 Å². The summed E-state index contributed by atoms with van der Waals surface area (Å²) in [4.78, 5) is 25.9. The number of fused-ring (bicyclic) bond motifs is 1. The summed E-state index contributed by atoms with van der Waals surface area (Å²) < 4.78 is 16.7. The van der Waals surface area contributed by atoms with Crippen LogP contribution < -0.4 is 4.74 Å². The topological polar surface area (TPSA) is 69.0 Å². The van der Waals surface area contributed by atoms with Gasteiger partial charge in [0.1, 0.15) is 17.1 Å². The maximum atomic E-state index is 12.2. The standard InChI is InChI=1S/C21H21NO5/c1-5-25-21(24)14-10-17(26-15-8-6-13(2)7-9-15)16-12-19(20(23)22(3)4)27-18(16)11-14/h6-12H,5H2,1-4H3. The predicted molar refractivity (Wildman–Crippen MR) is 101 cm³/mol. The highest BCUT2D eigenvalue weighted by Crippen LogP contribution is 2.34. The van der Waals surface area contributed by atoms with Gasteiger partial charge in [0, 0.05) is 20.2 Å². The first-order valence-corrected chi connectivity index (χ1v) is 8.60. The van der Waals surface area contributed by atoms with Crippen molar-refractivity contribution in [2.45, 2.75) is 13.8 Å². The third kappa shape index (κ3) is 3.95. The number of hydrogen-bond acceptors (Lipinski definition) is 5. The lowest BCUT2D eigenvalue weighted by molar-refractivity contribution is 0.0526. The van der Waals surface area contributed by atoms with Crippen LogP contribution in [0.2, 0.25) is 0 Å². The fraction of sp³-hybridized carbons (Fsp3) is 0.238. The molecule has 0 saturated heterocycles. The summed E-state index contributed by atoms with van der Waals surface area (Å²) in [6.07, 6.45) is 0. The molecule has 1 aromatic heterocycles. The molecule has 0 aliphatic heterocycles. The van der Waals surface area contributed by atoms with Crippen molar-refractivity contribution in [2.24, 2.45) is 0 Å². The minimum atomic E-state index is -0.481. The summed E-state index contributed by atoms with van der Waals surface area (Å²) in [5.74, 6) is 0.450. The lowest BCUT2D eigenvalue weighted by Gasteiger charge is -2.09. The molecule has 0 bridgehead atoms. The Hall–Kier alpha value is -3.28. The average molecular weight is 367 g/mol. The van der Waals surface area contributed by atoms with Gasteiger partial charge in [0.05, 0.1) is 17.6 Å². The number of benzene rings is 2. The van der Waals surface area contributed by atoms with Crippen molar-refractivity contribution in [1.82, 2.24) is 4.90 Å². The summed E-state index contributed by atoms with van der Waals surface area (Å²) in [5.41, 5.74) is 1.78. The van der Waals surface area contributed by atoms with Gasteiger partial charge < -0.3 is 18.8 Å². The Morgan fingerprint density at radius 2 is 1.78 bits per heavy atom. The largest absolute Gasteiger partial charge is 0.462 e. The summed E-state index contributed by atoms with van der Waals surface area (Å²) >= 11 is 0. The van der Waals surface area contributed by atoms with E-state index in [1.165, 1.54) is 4.90 Å². The number of carbonyl (C=O) groups is 2. The predicted octanol–water partition coefficient (Wildman–Crippen LogP) is 4.41. The van der Waals surface area contributed by atoms with Crippen LogP contribution in [0, 0.1) is 6.92 Å². The highest BCUT2D eigenvalue weighted by Gasteiger charge is 2.20. The van der Waals surface area contributed by atoms with E-state index < -0.39 is 5.97 Å². The summed E-state index contributed by atoms with van der Waals surface area (Å²) in [5, 5.41) is 0.605. The van der Waals surface area contributed by atoms with Gasteiger partial charge in [0.15, 0.2) is 5.76 Å². The molecule has 0 unspecified atom stereocenters. The van der Waals surface area contributed by atoms with Gasteiger partial charge in [-0.1, -0.05) is 17.7 Å². The first kappa shape index (κ1) is 18.5. The van der Waals surface area contributed by atoms with E-state index in [0.717, 1.165) is 5.56 Å². The number of furan rings is 1. The average Bonchev–Trinajstić information content (AvgIpc) is 3.07. The number of hydrogen-bond donors (Lipinski definition) is 0. The minimum Gasteiger partial charge on any atom is -0.462 e. The van der Waals surface area contributed by atoms with Crippen LogP contribution in [0.15, 0.2) is 46.9 Å². The molecule has 3 aromatic rings. The fourth-order valence-corrected chi connectivity index (χ4v) is 2.58. The van der Waals surface area contributed by atoms with Crippen molar-refractivity contribution in [3.05, 3.63) is 59.4 Å². The van der Waals surface area contributed by atoms with E-state index in [-0.39, 0.29) is 18.3 Å². The molecule has 3 rings (SSSR count). The van der Waals surface area contributed by atoms with Crippen LogP contribution in [0.1, 0.15) is 33.4 Å². The minimum absolute atomic E-state index is 0.171. The molecule has 0 spiro atoms. The number of esters is 1. The smallest absolute Gasteiger partial charge is 0.338 e. The van der Waals surface area contributed by atoms with Crippen molar-refractivity contribution >= 4 is 22.8 Å². The van der Waals surface area contributed by atoms with Gasteiger partial charge in [0.25, 0.3) is 5.91 Å². The van der Waals surface area contributed by atoms with Crippen molar-refractivity contribution in [3.63, 3.8) is 0 Å². The maximum absolute atomic E-state index is 12.2. The Balaban J connectivity index is 2.10. The molecule has 0 saturated carbocycles.